The van der Waals surface area contributed by atoms with Gasteiger partial charge in [-0.3, -0.25) is 0 Å². The molecule has 118 valence electrons. The Hall–Kier alpha value is -2.42. The summed E-state index contributed by atoms with van der Waals surface area (Å²) >= 11 is 3.24. The third-order valence-corrected chi connectivity index (χ3v) is 3.60. The molecule has 0 amide bonds. The first-order valence-electron chi connectivity index (χ1n) is 6.21. The highest BCUT2D eigenvalue weighted by molar-refractivity contribution is 9.10. The molecule has 0 saturated heterocycles. The Morgan fingerprint density at radius 2 is 1.83 bits per heavy atom. The number of aromatic nitrogens is 3. The molecule has 0 N–H and O–H groups in total. The molecule has 2 heterocycles. The number of carboxylic acid groups (broad SMARTS) is 1. The number of nitrogens with zero attached hydrogens (tertiary/aromatic N) is 3. The first-order chi connectivity index (χ1) is 10.8. The van der Waals surface area contributed by atoms with Gasteiger partial charge in [-0.25, -0.2) is 9.50 Å². The van der Waals surface area contributed by atoms with Crippen molar-refractivity contribution < 1.29 is 23.1 Å². The lowest BCUT2D eigenvalue weighted by Crippen LogP contribution is -2.23. The van der Waals surface area contributed by atoms with Crippen LogP contribution in [0.25, 0.3) is 16.9 Å². The van der Waals surface area contributed by atoms with Crippen LogP contribution in [0.2, 0.25) is 0 Å². The molecular formula is C14H6BrF3N3O2-. The van der Waals surface area contributed by atoms with Crippen LogP contribution in [-0.4, -0.2) is 20.6 Å². The standard InChI is InChI=1S/C14H7BrF3N3O2/c15-8-3-1-7(2-4-8)9-5-11(14(16,17)18)21-12(19-9)6-10(20-21)13(22)23/h1-6H,(H,22,23)/p-1. The predicted octanol–water partition coefficient (Wildman–Crippen LogP) is 2.54. The van der Waals surface area contributed by atoms with Crippen molar-refractivity contribution in [2.24, 2.45) is 0 Å². The maximum atomic E-state index is 13.2. The van der Waals surface area contributed by atoms with E-state index in [4.69, 9.17) is 0 Å². The smallest absolute Gasteiger partial charge is 0.433 e. The molecule has 23 heavy (non-hydrogen) atoms. The van der Waals surface area contributed by atoms with Gasteiger partial charge in [-0.15, -0.1) is 0 Å². The van der Waals surface area contributed by atoms with E-state index in [0.29, 0.717) is 10.1 Å². The lowest BCUT2D eigenvalue weighted by molar-refractivity contribution is -0.255. The molecule has 0 aliphatic rings. The second kappa shape index (κ2) is 5.34. The van der Waals surface area contributed by atoms with Gasteiger partial charge in [0, 0.05) is 16.1 Å². The van der Waals surface area contributed by atoms with Crippen molar-refractivity contribution in [3.63, 3.8) is 0 Å². The van der Waals surface area contributed by atoms with Gasteiger partial charge in [-0.1, -0.05) is 28.1 Å². The van der Waals surface area contributed by atoms with E-state index < -0.39 is 23.5 Å². The van der Waals surface area contributed by atoms with Gasteiger partial charge in [0.2, 0.25) is 0 Å². The minimum Gasteiger partial charge on any atom is -0.543 e. The minimum absolute atomic E-state index is 0.0575. The zero-order valence-electron chi connectivity index (χ0n) is 11.1. The van der Waals surface area contributed by atoms with Crippen LogP contribution in [0.3, 0.4) is 0 Å². The molecule has 2 aromatic heterocycles. The minimum atomic E-state index is -4.72. The molecule has 0 spiro atoms. The van der Waals surface area contributed by atoms with Crippen molar-refractivity contribution in [1.82, 2.24) is 14.6 Å². The number of alkyl halides is 3. The summed E-state index contributed by atoms with van der Waals surface area (Å²) in [4.78, 5) is 14.9. The molecule has 0 bridgehead atoms. The maximum absolute atomic E-state index is 13.2. The van der Waals surface area contributed by atoms with Crippen LogP contribution in [0.5, 0.6) is 0 Å². The number of carbonyl (C=O) groups is 1. The van der Waals surface area contributed by atoms with Crippen molar-refractivity contribution >= 4 is 27.5 Å². The Morgan fingerprint density at radius 3 is 2.39 bits per heavy atom. The highest BCUT2D eigenvalue weighted by Crippen LogP contribution is 2.32. The van der Waals surface area contributed by atoms with E-state index in [1.165, 1.54) is 0 Å². The van der Waals surface area contributed by atoms with E-state index in [2.05, 4.69) is 26.0 Å². The van der Waals surface area contributed by atoms with Gasteiger partial charge in [0.15, 0.2) is 11.3 Å². The Balaban J connectivity index is 2.28. The van der Waals surface area contributed by atoms with Crippen LogP contribution in [0, 0.1) is 0 Å². The third-order valence-electron chi connectivity index (χ3n) is 3.07. The number of benzene rings is 1. The Morgan fingerprint density at radius 1 is 1.17 bits per heavy atom. The molecule has 0 aliphatic carbocycles. The van der Waals surface area contributed by atoms with Crippen LogP contribution < -0.4 is 5.11 Å². The van der Waals surface area contributed by atoms with Crippen molar-refractivity contribution in [2.75, 3.05) is 0 Å². The number of hydrogen-bond donors (Lipinski definition) is 0. The summed E-state index contributed by atoms with van der Waals surface area (Å²) in [5.74, 6) is -1.67. The normalized spacial score (nSPS) is 11.8. The summed E-state index contributed by atoms with van der Waals surface area (Å²) in [5.41, 5.74) is -1.44. The zero-order valence-corrected chi connectivity index (χ0v) is 12.7. The lowest BCUT2D eigenvalue weighted by Gasteiger charge is -2.11. The van der Waals surface area contributed by atoms with E-state index in [-0.39, 0.29) is 11.3 Å². The molecule has 3 rings (SSSR count). The average Bonchev–Trinajstić information content (AvgIpc) is 2.90. The monoisotopic (exact) mass is 384 g/mol. The fourth-order valence-corrected chi connectivity index (χ4v) is 2.31. The van der Waals surface area contributed by atoms with Gasteiger partial charge in [-0.05, 0) is 18.2 Å². The van der Waals surface area contributed by atoms with E-state index in [0.717, 1.165) is 16.6 Å². The summed E-state index contributed by atoms with van der Waals surface area (Å²) in [5, 5.41) is 14.2. The average molecular weight is 385 g/mol. The van der Waals surface area contributed by atoms with Gasteiger partial charge in [-0.2, -0.15) is 18.3 Å². The molecule has 0 atom stereocenters. The number of carboxylic acids is 1. The first-order valence-corrected chi connectivity index (χ1v) is 7.00. The van der Waals surface area contributed by atoms with Crippen LogP contribution in [-0.2, 0) is 6.18 Å². The highest BCUT2D eigenvalue weighted by Gasteiger charge is 2.35. The fraction of sp³-hybridized carbons (Fsp3) is 0.0714. The Labute approximate surface area is 135 Å². The Bertz CT molecular complexity index is 904. The lowest BCUT2D eigenvalue weighted by atomic mass is 10.1. The Kier molecular flexibility index (Phi) is 3.59. The van der Waals surface area contributed by atoms with E-state index >= 15 is 0 Å². The van der Waals surface area contributed by atoms with E-state index in [1.807, 2.05) is 0 Å². The molecule has 1 aromatic carbocycles. The van der Waals surface area contributed by atoms with Gasteiger partial charge in [0.25, 0.3) is 0 Å². The quantitative estimate of drug-likeness (QED) is 0.680. The predicted molar refractivity (Wildman–Crippen MR) is 75.5 cm³/mol. The molecule has 0 aliphatic heterocycles. The highest BCUT2D eigenvalue weighted by atomic mass is 79.9. The van der Waals surface area contributed by atoms with Crippen LogP contribution in [0.1, 0.15) is 16.2 Å². The molecule has 5 nitrogen and oxygen atoms in total. The van der Waals surface area contributed by atoms with Crippen molar-refractivity contribution in [1.29, 1.82) is 0 Å². The summed E-state index contributed by atoms with van der Waals surface area (Å²) in [7, 11) is 0. The third kappa shape index (κ3) is 2.91. The topological polar surface area (TPSA) is 70.3 Å². The SMILES string of the molecule is O=C([O-])c1cc2nc(-c3ccc(Br)cc3)cc(C(F)(F)F)n2n1. The first kappa shape index (κ1) is 15.5. The van der Waals surface area contributed by atoms with Gasteiger partial charge >= 0.3 is 6.18 Å². The summed E-state index contributed by atoms with van der Waals surface area (Å²) < 4.78 is 40.9. The van der Waals surface area contributed by atoms with Crippen LogP contribution in [0.4, 0.5) is 13.2 Å². The summed E-state index contributed by atoms with van der Waals surface area (Å²) in [6.45, 7) is 0. The number of rotatable bonds is 2. The van der Waals surface area contributed by atoms with Gasteiger partial charge < -0.3 is 9.90 Å². The maximum Gasteiger partial charge on any atom is 0.433 e. The van der Waals surface area contributed by atoms with Crippen molar-refractivity contribution in [3.05, 3.63) is 52.3 Å². The number of aromatic carboxylic acids is 1. The molecule has 0 saturated carbocycles. The molecule has 0 radical (unpaired) electrons. The molecule has 0 unspecified atom stereocenters. The van der Waals surface area contributed by atoms with Gasteiger partial charge in [0.1, 0.15) is 5.69 Å². The second-order valence-electron chi connectivity index (χ2n) is 4.62. The summed E-state index contributed by atoms with van der Waals surface area (Å²) in [6, 6.07) is 8.28. The molecule has 9 heteroatoms. The number of carbonyl (C=O) groups excluding carboxylic acids is 1. The van der Waals surface area contributed by atoms with Gasteiger partial charge in [0.05, 0.1) is 11.7 Å². The second-order valence-corrected chi connectivity index (χ2v) is 5.53. The fourth-order valence-electron chi connectivity index (χ4n) is 2.04. The number of fused-ring (bicyclic) bond motifs is 1. The zero-order chi connectivity index (χ0) is 16.8. The molecule has 0 fully saturated rings. The summed E-state index contributed by atoms with van der Waals surface area (Å²) in [6.07, 6.45) is -4.72. The van der Waals surface area contributed by atoms with Crippen LogP contribution >= 0.6 is 15.9 Å². The largest absolute Gasteiger partial charge is 0.543 e. The molecular weight excluding hydrogens is 379 g/mol. The van der Waals surface area contributed by atoms with E-state index in [9.17, 15) is 23.1 Å². The molecule has 3 aromatic rings. The van der Waals surface area contributed by atoms with Crippen molar-refractivity contribution in [2.45, 2.75) is 6.18 Å². The number of halogens is 4. The van der Waals surface area contributed by atoms with Crippen LogP contribution in [0.15, 0.2) is 40.9 Å². The van der Waals surface area contributed by atoms with Crippen molar-refractivity contribution in [3.8, 4) is 11.3 Å². The number of hydrogen-bond acceptors (Lipinski definition) is 4. The van der Waals surface area contributed by atoms with E-state index in [1.54, 1.807) is 24.3 Å².